The second-order valence-electron chi connectivity index (χ2n) is 4.96. The Kier molecular flexibility index (Phi) is 3.40. The Morgan fingerprint density at radius 3 is 2.47 bits per heavy atom. The predicted octanol–water partition coefficient (Wildman–Crippen LogP) is 0.967. The summed E-state index contributed by atoms with van der Waals surface area (Å²) in [6, 6.07) is 0. The number of aliphatic carboxylic acids is 1. The van der Waals surface area contributed by atoms with Crippen LogP contribution in [0.2, 0.25) is 0 Å². The molecule has 1 saturated carbocycles. The summed E-state index contributed by atoms with van der Waals surface area (Å²) in [4.78, 5) is 10.9. The van der Waals surface area contributed by atoms with Gasteiger partial charge >= 0.3 is 5.97 Å². The van der Waals surface area contributed by atoms with Gasteiger partial charge in [-0.3, -0.25) is 4.79 Å². The van der Waals surface area contributed by atoms with Gasteiger partial charge in [-0.2, -0.15) is 0 Å². The highest BCUT2D eigenvalue weighted by atomic mass is 32.2. The average Bonchev–Trinajstić information content (AvgIpc) is 2.54. The molecule has 7 nitrogen and oxygen atoms in total. The zero-order chi connectivity index (χ0) is 14.3. The second-order valence-corrected chi connectivity index (χ2v) is 6.58. The van der Waals surface area contributed by atoms with Gasteiger partial charge in [0, 0.05) is 5.54 Å². The molecule has 2 N–H and O–H groups in total. The first-order valence-electron chi connectivity index (χ1n) is 5.94. The van der Waals surface area contributed by atoms with Gasteiger partial charge in [-0.1, -0.05) is 5.16 Å². The molecule has 0 spiro atoms. The van der Waals surface area contributed by atoms with Gasteiger partial charge in [0.25, 0.3) is 0 Å². The van der Waals surface area contributed by atoms with Crippen molar-refractivity contribution in [2.24, 2.45) is 0 Å². The molecule has 0 amide bonds. The SMILES string of the molecule is Cc1noc(C)c1S(=O)(=O)NC1(CC(=O)O)CCC1. The van der Waals surface area contributed by atoms with E-state index in [2.05, 4.69) is 9.88 Å². The molecule has 1 aliphatic carbocycles. The minimum absolute atomic E-state index is 0.00386. The monoisotopic (exact) mass is 288 g/mol. The van der Waals surface area contributed by atoms with E-state index in [1.54, 1.807) is 0 Å². The molecule has 0 saturated heterocycles. The van der Waals surface area contributed by atoms with Crippen LogP contribution >= 0.6 is 0 Å². The molecule has 106 valence electrons. The number of nitrogens with one attached hydrogen (secondary N) is 1. The Morgan fingerprint density at radius 1 is 1.47 bits per heavy atom. The lowest BCUT2D eigenvalue weighted by molar-refractivity contribution is -0.139. The Hall–Kier alpha value is -1.41. The maximum Gasteiger partial charge on any atom is 0.305 e. The summed E-state index contributed by atoms with van der Waals surface area (Å²) in [6.45, 7) is 3.05. The van der Waals surface area contributed by atoms with Crippen molar-refractivity contribution in [3.8, 4) is 0 Å². The van der Waals surface area contributed by atoms with Crippen LogP contribution in [0.4, 0.5) is 0 Å². The minimum Gasteiger partial charge on any atom is -0.481 e. The van der Waals surface area contributed by atoms with Gasteiger partial charge in [0.15, 0.2) is 5.76 Å². The fourth-order valence-corrected chi connectivity index (χ4v) is 4.19. The molecule has 0 bridgehead atoms. The van der Waals surface area contributed by atoms with Crippen LogP contribution in [0.1, 0.15) is 37.1 Å². The molecular weight excluding hydrogens is 272 g/mol. The molecule has 1 fully saturated rings. The number of aryl methyl sites for hydroxylation is 2. The highest BCUT2D eigenvalue weighted by Gasteiger charge is 2.43. The first kappa shape index (κ1) is 14.0. The molecule has 0 aliphatic heterocycles. The molecule has 1 aromatic heterocycles. The van der Waals surface area contributed by atoms with Crippen LogP contribution in [0.5, 0.6) is 0 Å². The van der Waals surface area contributed by atoms with Gasteiger partial charge in [0.1, 0.15) is 10.6 Å². The van der Waals surface area contributed by atoms with E-state index in [1.165, 1.54) is 13.8 Å². The third kappa shape index (κ3) is 2.64. The number of aromatic nitrogens is 1. The summed E-state index contributed by atoms with van der Waals surface area (Å²) < 4.78 is 32.0. The summed E-state index contributed by atoms with van der Waals surface area (Å²) in [5.74, 6) is -0.809. The lowest BCUT2D eigenvalue weighted by Gasteiger charge is -2.40. The molecule has 0 radical (unpaired) electrons. The zero-order valence-electron chi connectivity index (χ0n) is 10.8. The van der Waals surface area contributed by atoms with Crippen LogP contribution in [0.3, 0.4) is 0 Å². The minimum atomic E-state index is -3.81. The number of nitrogens with zero attached hydrogens (tertiary/aromatic N) is 1. The predicted molar refractivity (Wildman–Crippen MR) is 65.1 cm³/mol. The van der Waals surface area contributed by atoms with Crippen molar-refractivity contribution < 1.29 is 22.8 Å². The van der Waals surface area contributed by atoms with Crippen molar-refractivity contribution in [2.75, 3.05) is 0 Å². The molecule has 1 aromatic rings. The molecular formula is C11H16N2O5S. The van der Waals surface area contributed by atoms with Crippen LogP contribution in [-0.4, -0.2) is 30.2 Å². The van der Waals surface area contributed by atoms with Crippen LogP contribution in [0, 0.1) is 13.8 Å². The van der Waals surface area contributed by atoms with Crippen molar-refractivity contribution in [3.63, 3.8) is 0 Å². The van der Waals surface area contributed by atoms with Crippen LogP contribution in [-0.2, 0) is 14.8 Å². The molecule has 0 atom stereocenters. The highest BCUT2D eigenvalue weighted by Crippen LogP contribution is 2.37. The zero-order valence-corrected chi connectivity index (χ0v) is 11.6. The standard InChI is InChI=1S/C11H16N2O5S/c1-7-10(8(2)18-12-7)19(16,17)13-11(4-3-5-11)6-9(14)15/h13H,3-6H2,1-2H3,(H,14,15). The smallest absolute Gasteiger partial charge is 0.305 e. The molecule has 19 heavy (non-hydrogen) atoms. The van der Waals surface area contributed by atoms with E-state index >= 15 is 0 Å². The quantitative estimate of drug-likeness (QED) is 0.835. The van der Waals surface area contributed by atoms with Gasteiger partial charge in [0.2, 0.25) is 10.0 Å². The van der Waals surface area contributed by atoms with Crippen LogP contribution < -0.4 is 4.72 Å². The van der Waals surface area contributed by atoms with E-state index in [9.17, 15) is 13.2 Å². The van der Waals surface area contributed by atoms with Crippen LogP contribution in [0.15, 0.2) is 9.42 Å². The van der Waals surface area contributed by atoms with Crippen LogP contribution in [0.25, 0.3) is 0 Å². The summed E-state index contributed by atoms with van der Waals surface area (Å²) in [7, 11) is -3.81. The van der Waals surface area contributed by atoms with E-state index < -0.39 is 21.5 Å². The largest absolute Gasteiger partial charge is 0.481 e. The number of rotatable bonds is 5. The molecule has 0 aromatic carbocycles. The first-order valence-corrected chi connectivity index (χ1v) is 7.43. The Labute approximate surface area is 111 Å². The lowest BCUT2D eigenvalue weighted by Crippen LogP contribution is -2.54. The number of carboxylic acids is 1. The Morgan fingerprint density at radius 2 is 2.11 bits per heavy atom. The molecule has 1 heterocycles. The maximum absolute atomic E-state index is 12.3. The molecule has 8 heteroatoms. The average molecular weight is 288 g/mol. The van der Waals surface area contributed by atoms with Crippen molar-refractivity contribution in [2.45, 2.75) is 50.0 Å². The van der Waals surface area contributed by atoms with Crippen molar-refractivity contribution in [1.29, 1.82) is 0 Å². The molecule has 1 aliphatic rings. The summed E-state index contributed by atoms with van der Waals surface area (Å²) in [5.41, 5.74) is -0.601. The highest BCUT2D eigenvalue weighted by molar-refractivity contribution is 7.89. The van der Waals surface area contributed by atoms with Gasteiger partial charge in [0.05, 0.1) is 6.42 Å². The van der Waals surface area contributed by atoms with E-state index in [0.717, 1.165) is 6.42 Å². The van der Waals surface area contributed by atoms with E-state index in [4.69, 9.17) is 9.63 Å². The number of carboxylic acid groups (broad SMARTS) is 1. The van der Waals surface area contributed by atoms with Gasteiger partial charge in [-0.15, -0.1) is 0 Å². The van der Waals surface area contributed by atoms with Crippen molar-refractivity contribution >= 4 is 16.0 Å². The molecule has 0 unspecified atom stereocenters. The van der Waals surface area contributed by atoms with Crippen molar-refractivity contribution in [1.82, 2.24) is 9.88 Å². The summed E-state index contributed by atoms with van der Waals surface area (Å²) in [5, 5.41) is 12.5. The summed E-state index contributed by atoms with van der Waals surface area (Å²) in [6.07, 6.45) is 1.66. The molecule has 2 rings (SSSR count). The van der Waals surface area contributed by atoms with Crippen molar-refractivity contribution in [3.05, 3.63) is 11.5 Å². The van der Waals surface area contributed by atoms with E-state index in [1.807, 2.05) is 0 Å². The van der Waals surface area contributed by atoms with Gasteiger partial charge in [-0.25, -0.2) is 13.1 Å². The normalized spacial score (nSPS) is 18.0. The Bertz CT molecular complexity index is 581. The first-order chi connectivity index (χ1) is 8.76. The third-order valence-electron chi connectivity index (χ3n) is 3.39. The fraction of sp³-hybridized carbons (Fsp3) is 0.636. The summed E-state index contributed by atoms with van der Waals surface area (Å²) >= 11 is 0. The number of hydrogen-bond acceptors (Lipinski definition) is 5. The number of hydrogen-bond donors (Lipinski definition) is 2. The van der Waals surface area contributed by atoms with E-state index in [0.29, 0.717) is 12.8 Å². The number of carbonyl (C=O) groups is 1. The topological polar surface area (TPSA) is 110 Å². The Balaban J connectivity index is 2.29. The lowest BCUT2D eigenvalue weighted by atomic mass is 9.75. The number of sulfonamides is 1. The van der Waals surface area contributed by atoms with Gasteiger partial charge < -0.3 is 9.63 Å². The maximum atomic E-state index is 12.3. The third-order valence-corrected chi connectivity index (χ3v) is 5.21. The fourth-order valence-electron chi connectivity index (χ4n) is 2.40. The second kappa shape index (κ2) is 4.61. The van der Waals surface area contributed by atoms with Gasteiger partial charge in [-0.05, 0) is 33.1 Å². The van der Waals surface area contributed by atoms with E-state index in [-0.39, 0.29) is 22.8 Å².